The molecule has 2 aromatic rings. The summed E-state index contributed by atoms with van der Waals surface area (Å²) >= 11 is 0. The largest absolute Gasteiger partial charge is 0.481 e. The number of carbonyl (C=O) groups excluding carboxylic acids is 1. The van der Waals surface area contributed by atoms with Gasteiger partial charge in [-0.2, -0.15) is 0 Å². The van der Waals surface area contributed by atoms with Gasteiger partial charge in [-0.1, -0.05) is 37.3 Å². The fourth-order valence-corrected chi connectivity index (χ4v) is 2.41. The number of benzene rings is 2. The topological polar surface area (TPSA) is 66.4 Å². The summed E-state index contributed by atoms with van der Waals surface area (Å²) in [6.07, 6.45) is -0.150. The van der Waals surface area contributed by atoms with Crippen LogP contribution < -0.4 is 5.32 Å². The van der Waals surface area contributed by atoms with Gasteiger partial charge < -0.3 is 10.4 Å². The van der Waals surface area contributed by atoms with Crippen molar-refractivity contribution in [3.8, 4) is 0 Å². The molecule has 0 aromatic heterocycles. The molecule has 0 heterocycles. The van der Waals surface area contributed by atoms with Gasteiger partial charge in [-0.05, 0) is 35.7 Å². The van der Waals surface area contributed by atoms with E-state index < -0.39 is 23.6 Å². The molecule has 120 valence electrons. The highest BCUT2D eigenvalue weighted by atomic mass is 19.1. The number of carboxylic acid groups (broad SMARTS) is 1. The molecule has 0 aliphatic rings. The number of carboxylic acids is 1. The Morgan fingerprint density at radius 1 is 1.09 bits per heavy atom. The lowest BCUT2D eigenvalue weighted by Gasteiger charge is -2.20. The monoisotopic (exact) mass is 315 g/mol. The van der Waals surface area contributed by atoms with Crippen molar-refractivity contribution in [3.63, 3.8) is 0 Å². The minimum atomic E-state index is -1.02. The summed E-state index contributed by atoms with van der Waals surface area (Å²) in [5.74, 6) is -2.96. The van der Waals surface area contributed by atoms with Gasteiger partial charge in [-0.25, -0.2) is 4.39 Å². The Balaban J connectivity index is 2.05. The minimum absolute atomic E-state index is 0.150. The van der Waals surface area contributed by atoms with E-state index in [4.69, 9.17) is 0 Å². The Morgan fingerprint density at radius 2 is 1.70 bits per heavy atom. The Morgan fingerprint density at radius 3 is 2.26 bits per heavy atom. The molecule has 2 rings (SSSR count). The number of nitrogens with one attached hydrogen (secondary N) is 1. The lowest BCUT2D eigenvalue weighted by atomic mass is 9.85. The van der Waals surface area contributed by atoms with Crippen LogP contribution in [-0.2, 0) is 9.59 Å². The number of halogens is 1. The average Bonchev–Trinajstić information content (AvgIpc) is 2.55. The van der Waals surface area contributed by atoms with Crippen LogP contribution in [0.15, 0.2) is 54.6 Å². The molecule has 23 heavy (non-hydrogen) atoms. The van der Waals surface area contributed by atoms with Gasteiger partial charge in [0.15, 0.2) is 0 Å². The van der Waals surface area contributed by atoms with Crippen LogP contribution in [0.5, 0.6) is 0 Å². The molecule has 1 amide bonds. The normalized spacial score (nSPS) is 13.1. The van der Waals surface area contributed by atoms with Crippen molar-refractivity contribution in [3.05, 3.63) is 66.0 Å². The third kappa shape index (κ3) is 4.64. The summed E-state index contributed by atoms with van der Waals surface area (Å²) in [5, 5.41) is 12.0. The number of anilines is 1. The van der Waals surface area contributed by atoms with Crippen molar-refractivity contribution < 1.29 is 19.1 Å². The molecule has 4 nitrogen and oxygen atoms in total. The van der Waals surface area contributed by atoms with Crippen molar-refractivity contribution in [2.45, 2.75) is 19.3 Å². The van der Waals surface area contributed by atoms with E-state index in [-0.39, 0.29) is 12.3 Å². The van der Waals surface area contributed by atoms with E-state index >= 15 is 0 Å². The highest BCUT2D eigenvalue weighted by Gasteiger charge is 2.28. The average molecular weight is 315 g/mol. The van der Waals surface area contributed by atoms with Crippen LogP contribution in [0.3, 0.4) is 0 Å². The molecular weight excluding hydrogens is 297 g/mol. The molecule has 2 unspecified atom stereocenters. The van der Waals surface area contributed by atoms with Gasteiger partial charge in [-0.15, -0.1) is 0 Å². The van der Waals surface area contributed by atoms with E-state index in [9.17, 15) is 19.1 Å². The zero-order chi connectivity index (χ0) is 16.8. The first-order chi connectivity index (χ1) is 11.0. The second-order valence-corrected chi connectivity index (χ2v) is 5.40. The highest BCUT2D eigenvalue weighted by molar-refractivity contribution is 5.93. The minimum Gasteiger partial charge on any atom is -0.481 e. The first kappa shape index (κ1) is 16.7. The van der Waals surface area contributed by atoms with Crippen LogP contribution in [0, 0.1) is 11.7 Å². The molecule has 0 fully saturated rings. The van der Waals surface area contributed by atoms with Gasteiger partial charge in [0.1, 0.15) is 5.82 Å². The third-order valence-electron chi connectivity index (χ3n) is 3.78. The Labute approximate surface area is 134 Å². The maximum atomic E-state index is 12.8. The van der Waals surface area contributed by atoms with E-state index in [1.165, 1.54) is 24.3 Å². The van der Waals surface area contributed by atoms with Crippen molar-refractivity contribution in [2.75, 3.05) is 5.32 Å². The molecule has 0 bridgehead atoms. The molecule has 0 aliphatic heterocycles. The van der Waals surface area contributed by atoms with E-state index in [1.54, 1.807) is 6.92 Å². The van der Waals surface area contributed by atoms with Gasteiger partial charge in [0.2, 0.25) is 5.91 Å². The van der Waals surface area contributed by atoms with Crippen LogP contribution in [0.4, 0.5) is 10.1 Å². The first-order valence-electron chi connectivity index (χ1n) is 7.30. The summed E-state index contributed by atoms with van der Waals surface area (Å²) in [7, 11) is 0. The van der Waals surface area contributed by atoms with Crippen molar-refractivity contribution in [1.82, 2.24) is 0 Å². The maximum absolute atomic E-state index is 12.8. The summed E-state index contributed by atoms with van der Waals surface area (Å²) in [6.45, 7) is 1.79. The fraction of sp³-hybridized carbons (Fsp3) is 0.222. The van der Waals surface area contributed by atoms with Crippen LogP contribution in [0.1, 0.15) is 24.8 Å². The number of rotatable bonds is 6. The maximum Gasteiger partial charge on any atom is 0.307 e. The number of hydrogen-bond donors (Lipinski definition) is 2. The number of aliphatic carboxylic acids is 1. The van der Waals surface area contributed by atoms with Crippen molar-refractivity contribution in [1.29, 1.82) is 0 Å². The molecule has 0 aliphatic carbocycles. The van der Waals surface area contributed by atoms with Gasteiger partial charge in [0.05, 0.1) is 5.92 Å². The standard InChI is InChI=1S/C18H18FNO3/c1-12(13-5-3-2-4-6-13)16(18(22)23)11-17(21)20-15-9-7-14(19)8-10-15/h2-10,12,16H,11H2,1H3,(H,20,21)(H,22,23). The van der Waals surface area contributed by atoms with E-state index in [0.29, 0.717) is 5.69 Å². The van der Waals surface area contributed by atoms with Gasteiger partial charge in [-0.3, -0.25) is 9.59 Å². The van der Waals surface area contributed by atoms with Crippen molar-refractivity contribution in [2.24, 2.45) is 5.92 Å². The van der Waals surface area contributed by atoms with E-state index in [0.717, 1.165) is 5.56 Å². The lowest BCUT2D eigenvalue weighted by Crippen LogP contribution is -2.26. The molecule has 0 saturated carbocycles. The van der Waals surface area contributed by atoms with Crippen LogP contribution in [0.2, 0.25) is 0 Å². The SMILES string of the molecule is CC(c1ccccc1)C(CC(=O)Nc1ccc(F)cc1)C(=O)O. The van der Waals surface area contributed by atoms with Gasteiger partial charge >= 0.3 is 5.97 Å². The van der Waals surface area contributed by atoms with Crippen LogP contribution in [0.25, 0.3) is 0 Å². The molecule has 0 radical (unpaired) electrons. The first-order valence-corrected chi connectivity index (χ1v) is 7.30. The van der Waals surface area contributed by atoms with Gasteiger partial charge in [0.25, 0.3) is 0 Å². The number of amides is 1. The molecule has 0 saturated heterocycles. The summed E-state index contributed by atoms with van der Waals surface area (Å²) < 4.78 is 12.8. The van der Waals surface area contributed by atoms with Crippen LogP contribution >= 0.6 is 0 Å². The highest BCUT2D eigenvalue weighted by Crippen LogP contribution is 2.27. The van der Waals surface area contributed by atoms with E-state index in [2.05, 4.69) is 5.32 Å². The molecule has 2 atom stereocenters. The predicted molar refractivity (Wildman–Crippen MR) is 85.6 cm³/mol. The van der Waals surface area contributed by atoms with Gasteiger partial charge in [0, 0.05) is 12.1 Å². The zero-order valence-corrected chi connectivity index (χ0v) is 12.7. The third-order valence-corrected chi connectivity index (χ3v) is 3.78. The quantitative estimate of drug-likeness (QED) is 0.855. The summed E-state index contributed by atoms with van der Waals surface area (Å²) in [4.78, 5) is 23.6. The van der Waals surface area contributed by atoms with Crippen LogP contribution in [-0.4, -0.2) is 17.0 Å². The molecular formula is C18H18FNO3. The summed E-state index contributed by atoms with van der Waals surface area (Å²) in [6, 6.07) is 14.6. The Hall–Kier alpha value is -2.69. The smallest absolute Gasteiger partial charge is 0.307 e. The zero-order valence-electron chi connectivity index (χ0n) is 12.7. The molecule has 2 aromatic carbocycles. The molecule has 5 heteroatoms. The summed E-state index contributed by atoms with van der Waals surface area (Å²) in [5.41, 5.74) is 1.31. The Bertz CT molecular complexity index is 670. The molecule has 2 N–H and O–H groups in total. The number of hydrogen-bond acceptors (Lipinski definition) is 2. The molecule has 0 spiro atoms. The second kappa shape index (κ2) is 7.54. The van der Waals surface area contributed by atoms with Crippen molar-refractivity contribution >= 4 is 17.6 Å². The lowest BCUT2D eigenvalue weighted by molar-refractivity contribution is -0.144. The van der Waals surface area contributed by atoms with E-state index in [1.807, 2.05) is 30.3 Å². The predicted octanol–water partition coefficient (Wildman–Crippen LogP) is 3.66. The fourth-order valence-electron chi connectivity index (χ4n) is 2.41. The number of carbonyl (C=O) groups is 2. The second-order valence-electron chi connectivity index (χ2n) is 5.40. The Kier molecular flexibility index (Phi) is 5.46.